The van der Waals surface area contributed by atoms with Crippen molar-refractivity contribution in [2.24, 2.45) is 0 Å². The Balaban J connectivity index is 1.96. The first-order chi connectivity index (χ1) is 8.33. The molecule has 0 atom stereocenters. The number of H-pyrrole nitrogens is 1. The molecule has 1 aliphatic rings. The van der Waals surface area contributed by atoms with Gasteiger partial charge >= 0.3 is 0 Å². The predicted octanol–water partition coefficient (Wildman–Crippen LogP) is 2.45. The molecule has 1 aliphatic carbocycles. The molecule has 0 aliphatic heterocycles. The average Bonchev–Trinajstić information content (AvgIpc) is 2.78. The van der Waals surface area contributed by atoms with Crippen LogP contribution in [0.2, 0.25) is 0 Å². The van der Waals surface area contributed by atoms with E-state index in [-0.39, 0.29) is 5.56 Å². The summed E-state index contributed by atoms with van der Waals surface area (Å²) in [4.78, 5) is 14.9. The topological polar surface area (TPSA) is 32.9 Å². The molecule has 0 spiro atoms. The fraction of sp³-hybridized carbons (Fsp3) is 0.267. The monoisotopic (exact) mass is 225 g/mol. The van der Waals surface area contributed by atoms with Gasteiger partial charge in [0.05, 0.1) is 0 Å². The van der Waals surface area contributed by atoms with Crippen molar-refractivity contribution in [2.45, 2.75) is 25.7 Å². The van der Waals surface area contributed by atoms with E-state index in [9.17, 15) is 4.79 Å². The summed E-state index contributed by atoms with van der Waals surface area (Å²) in [6.07, 6.45) is 4.02. The zero-order valence-corrected chi connectivity index (χ0v) is 9.70. The SMILES string of the molecule is O=c1[nH]c2c(cc1Cc1ccccc1)CCC2. The average molecular weight is 225 g/mol. The van der Waals surface area contributed by atoms with Gasteiger partial charge in [-0.3, -0.25) is 4.79 Å². The lowest BCUT2D eigenvalue weighted by Gasteiger charge is -2.04. The van der Waals surface area contributed by atoms with Gasteiger partial charge in [0.15, 0.2) is 0 Å². The molecular weight excluding hydrogens is 210 g/mol. The van der Waals surface area contributed by atoms with E-state index in [4.69, 9.17) is 0 Å². The molecule has 0 saturated carbocycles. The number of aromatic nitrogens is 1. The number of fused-ring (bicyclic) bond motifs is 1. The molecule has 17 heavy (non-hydrogen) atoms. The van der Waals surface area contributed by atoms with Crippen LogP contribution in [-0.4, -0.2) is 4.98 Å². The van der Waals surface area contributed by atoms with E-state index in [0.29, 0.717) is 0 Å². The third kappa shape index (κ3) is 2.03. The molecule has 2 nitrogen and oxygen atoms in total. The second-order valence-electron chi connectivity index (χ2n) is 4.64. The molecule has 86 valence electrons. The highest BCUT2D eigenvalue weighted by molar-refractivity contribution is 5.32. The minimum absolute atomic E-state index is 0.0782. The van der Waals surface area contributed by atoms with Crippen LogP contribution in [0.5, 0.6) is 0 Å². The molecule has 0 radical (unpaired) electrons. The maximum Gasteiger partial charge on any atom is 0.251 e. The molecule has 1 aromatic carbocycles. The molecule has 0 saturated heterocycles. The Bertz CT molecular complexity index is 584. The molecule has 0 bridgehead atoms. The van der Waals surface area contributed by atoms with E-state index in [1.54, 1.807) is 0 Å². The molecule has 1 aromatic heterocycles. The Hall–Kier alpha value is -1.83. The molecule has 3 rings (SSSR count). The lowest BCUT2D eigenvalue weighted by Crippen LogP contribution is -2.15. The van der Waals surface area contributed by atoms with Gasteiger partial charge < -0.3 is 4.98 Å². The quantitative estimate of drug-likeness (QED) is 0.836. The Morgan fingerprint density at radius 2 is 1.94 bits per heavy atom. The number of rotatable bonds is 2. The van der Waals surface area contributed by atoms with Gasteiger partial charge in [0.1, 0.15) is 0 Å². The summed E-state index contributed by atoms with van der Waals surface area (Å²) in [6.45, 7) is 0. The van der Waals surface area contributed by atoms with Gasteiger partial charge in [-0.25, -0.2) is 0 Å². The summed E-state index contributed by atoms with van der Waals surface area (Å²) in [5.41, 5.74) is 4.63. The van der Waals surface area contributed by atoms with Crippen molar-refractivity contribution in [3.8, 4) is 0 Å². The van der Waals surface area contributed by atoms with E-state index >= 15 is 0 Å². The second-order valence-corrected chi connectivity index (χ2v) is 4.64. The minimum Gasteiger partial charge on any atom is -0.326 e. The lowest BCUT2D eigenvalue weighted by atomic mass is 10.0. The van der Waals surface area contributed by atoms with Crippen LogP contribution in [0, 0.1) is 0 Å². The molecule has 1 heterocycles. The van der Waals surface area contributed by atoms with Crippen LogP contribution >= 0.6 is 0 Å². The maximum atomic E-state index is 11.9. The van der Waals surface area contributed by atoms with Crippen LogP contribution in [0.3, 0.4) is 0 Å². The summed E-state index contributed by atoms with van der Waals surface area (Å²) >= 11 is 0. The largest absolute Gasteiger partial charge is 0.326 e. The number of aromatic amines is 1. The second kappa shape index (κ2) is 4.21. The number of nitrogens with one attached hydrogen (secondary N) is 1. The van der Waals surface area contributed by atoms with Crippen molar-refractivity contribution < 1.29 is 0 Å². The molecule has 0 amide bonds. The molecular formula is C15H15NO. The highest BCUT2D eigenvalue weighted by atomic mass is 16.1. The summed E-state index contributed by atoms with van der Waals surface area (Å²) in [5, 5.41) is 0. The van der Waals surface area contributed by atoms with Crippen LogP contribution in [0.15, 0.2) is 41.2 Å². The summed E-state index contributed by atoms with van der Waals surface area (Å²) < 4.78 is 0. The normalized spacial score (nSPS) is 13.6. The number of hydrogen-bond acceptors (Lipinski definition) is 1. The molecule has 0 unspecified atom stereocenters. The molecule has 2 aromatic rings. The van der Waals surface area contributed by atoms with Gasteiger partial charge in [-0.2, -0.15) is 0 Å². The van der Waals surface area contributed by atoms with Crippen molar-refractivity contribution in [1.82, 2.24) is 4.98 Å². The number of aryl methyl sites for hydroxylation is 2. The number of pyridine rings is 1. The third-order valence-corrected chi connectivity index (χ3v) is 3.40. The Morgan fingerprint density at radius 1 is 1.12 bits per heavy atom. The first-order valence-corrected chi connectivity index (χ1v) is 6.11. The smallest absolute Gasteiger partial charge is 0.251 e. The van der Waals surface area contributed by atoms with Gasteiger partial charge in [-0.1, -0.05) is 30.3 Å². The zero-order valence-electron chi connectivity index (χ0n) is 9.70. The predicted molar refractivity (Wildman–Crippen MR) is 68.3 cm³/mol. The van der Waals surface area contributed by atoms with Crippen LogP contribution in [0.1, 0.15) is 28.8 Å². The highest BCUT2D eigenvalue weighted by Gasteiger charge is 2.13. The molecule has 1 N–H and O–H groups in total. The Labute approximate surface area is 100 Å². The lowest BCUT2D eigenvalue weighted by molar-refractivity contribution is 0.896. The van der Waals surface area contributed by atoms with Crippen molar-refractivity contribution in [1.29, 1.82) is 0 Å². The van der Waals surface area contributed by atoms with Gasteiger partial charge in [0.25, 0.3) is 5.56 Å². The van der Waals surface area contributed by atoms with Gasteiger partial charge in [0.2, 0.25) is 0 Å². The first kappa shape index (κ1) is 10.3. The summed E-state index contributed by atoms with van der Waals surface area (Å²) in [6, 6.07) is 12.2. The highest BCUT2D eigenvalue weighted by Crippen LogP contribution is 2.19. The number of hydrogen-bond donors (Lipinski definition) is 1. The van der Waals surface area contributed by atoms with Gasteiger partial charge in [0, 0.05) is 17.7 Å². The Morgan fingerprint density at radius 3 is 2.76 bits per heavy atom. The van der Waals surface area contributed by atoms with Crippen LogP contribution < -0.4 is 5.56 Å². The Kier molecular flexibility index (Phi) is 2.56. The molecule has 0 fully saturated rings. The fourth-order valence-electron chi connectivity index (χ4n) is 2.51. The summed E-state index contributed by atoms with van der Waals surface area (Å²) in [7, 11) is 0. The van der Waals surface area contributed by atoms with Crippen molar-refractivity contribution >= 4 is 0 Å². The van der Waals surface area contributed by atoms with E-state index in [1.165, 1.54) is 17.5 Å². The van der Waals surface area contributed by atoms with Gasteiger partial charge in [-0.15, -0.1) is 0 Å². The van der Waals surface area contributed by atoms with E-state index in [2.05, 4.69) is 23.2 Å². The molecule has 2 heteroatoms. The fourth-order valence-corrected chi connectivity index (χ4v) is 2.51. The number of benzene rings is 1. The maximum absolute atomic E-state index is 11.9. The minimum atomic E-state index is 0.0782. The van der Waals surface area contributed by atoms with E-state index in [1.807, 2.05) is 18.2 Å². The third-order valence-electron chi connectivity index (χ3n) is 3.40. The first-order valence-electron chi connectivity index (χ1n) is 6.11. The van der Waals surface area contributed by atoms with Crippen molar-refractivity contribution in [2.75, 3.05) is 0 Å². The van der Waals surface area contributed by atoms with Crippen LogP contribution in [0.25, 0.3) is 0 Å². The summed E-state index contributed by atoms with van der Waals surface area (Å²) in [5.74, 6) is 0. The van der Waals surface area contributed by atoms with Crippen molar-refractivity contribution in [3.63, 3.8) is 0 Å². The van der Waals surface area contributed by atoms with Crippen LogP contribution in [0.4, 0.5) is 0 Å². The van der Waals surface area contributed by atoms with E-state index in [0.717, 1.165) is 30.5 Å². The van der Waals surface area contributed by atoms with Crippen molar-refractivity contribution in [3.05, 3.63) is 69.1 Å². The van der Waals surface area contributed by atoms with E-state index < -0.39 is 0 Å². The standard InChI is InChI=1S/C15H15NO/c17-15-13(9-11-5-2-1-3-6-11)10-12-7-4-8-14(12)16-15/h1-3,5-6,10H,4,7-9H2,(H,16,17). The van der Waals surface area contributed by atoms with Gasteiger partial charge in [-0.05, 0) is 36.5 Å². The zero-order chi connectivity index (χ0) is 11.7. The van der Waals surface area contributed by atoms with Crippen LogP contribution in [-0.2, 0) is 19.3 Å².